The Hall–Kier alpha value is -1.11. The smallest absolute Gasteiger partial charge is 0.307 e. The molecule has 1 aliphatic carbocycles. The third kappa shape index (κ3) is 3.97. The van der Waals surface area contributed by atoms with Crippen LogP contribution in [0.5, 0.6) is 0 Å². The second-order valence-electron chi connectivity index (χ2n) is 5.32. The third-order valence-electron chi connectivity index (χ3n) is 2.31. The molecule has 0 amide bonds. The lowest BCUT2D eigenvalue weighted by molar-refractivity contribution is -0.154. The van der Waals surface area contributed by atoms with Crippen molar-refractivity contribution < 1.29 is 9.53 Å². The summed E-state index contributed by atoms with van der Waals surface area (Å²) in [6.07, 6.45) is 2.66. The number of rotatable bonds is 5. The minimum atomic E-state index is -0.419. The van der Waals surface area contributed by atoms with E-state index in [9.17, 15) is 4.79 Å². The minimum absolute atomic E-state index is 0.180. The molecule has 18 heavy (non-hydrogen) atoms. The maximum Gasteiger partial charge on any atom is 0.307 e. The molecule has 0 spiro atoms. The Morgan fingerprint density at radius 3 is 2.83 bits per heavy atom. The molecule has 0 bridgehead atoms. The Bertz CT molecular complexity index is 423. The molecule has 0 N–H and O–H groups in total. The summed E-state index contributed by atoms with van der Waals surface area (Å²) in [7, 11) is 0. The maximum atomic E-state index is 11.5. The van der Waals surface area contributed by atoms with Crippen LogP contribution in [0.3, 0.4) is 0 Å². The maximum absolute atomic E-state index is 11.5. The first kappa shape index (κ1) is 13.3. The van der Waals surface area contributed by atoms with E-state index in [4.69, 9.17) is 4.74 Å². The zero-order valence-corrected chi connectivity index (χ0v) is 11.7. The average molecular weight is 270 g/mol. The summed E-state index contributed by atoms with van der Waals surface area (Å²) in [4.78, 5) is 11.5. The van der Waals surface area contributed by atoms with Gasteiger partial charge in [0.1, 0.15) is 5.60 Å². The number of esters is 1. The Labute approximate surface area is 110 Å². The zero-order chi connectivity index (χ0) is 13.2. The van der Waals surface area contributed by atoms with Gasteiger partial charge in [-0.05, 0) is 44.0 Å². The number of carbonyl (C=O) groups is 1. The van der Waals surface area contributed by atoms with Crippen molar-refractivity contribution in [1.29, 1.82) is 0 Å². The van der Waals surface area contributed by atoms with Crippen molar-refractivity contribution in [2.24, 2.45) is 0 Å². The van der Waals surface area contributed by atoms with Crippen LogP contribution in [-0.4, -0.2) is 37.5 Å². The fraction of sp³-hybridized carbons (Fsp3) is 0.818. The summed E-state index contributed by atoms with van der Waals surface area (Å²) in [6, 6.07) is 0.462. The zero-order valence-electron chi connectivity index (χ0n) is 10.9. The average Bonchev–Trinajstić information content (AvgIpc) is 2.97. The molecule has 0 saturated heterocycles. The van der Waals surface area contributed by atoms with E-state index >= 15 is 0 Å². The van der Waals surface area contributed by atoms with Crippen molar-refractivity contribution in [3.05, 3.63) is 0 Å². The van der Waals surface area contributed by atoms with Crippen molar-refractivity contribution >= 4 is 17.7 Å². The first-order valence-corrected chi connectivity index (χ1v) is 7.07. The second kappa shape index (κ2) is 5.26. The molecule has 1 aromatic heterocycles. The molecule has 6 nitrogen and oxygen atoms in total. The molecule has 2 rings (SSSR count). The second-order valence-corrected chi connectivity index (χ2v) is 6.38. The highest BCUT2D eigenvalue weighted by Gasteiger charge is 2.28. The largest absolute Gasteiger partial charge is 0.460 e. The molecule has 1 aromatic rings. The van der Waals surface area contributed by atoms with Crippen molar-refractivity contribution in [2.75, 3.05) is 5.75 Å². The van der Waals surface area contributed by atoms with Crippen LogP contribution in [-0.2, 0) is 9.53 Å². The molecule has 0 aromatic carbocycles. The van der Waals surface area contributed by atoms with Gasteiger partial charge < -0.3 is 4.74 Å². The number of nitrogens with zero attached hydrogens (tertiary/aromatic N) is 4. The molecule has 1 aliphatic rings. The third-order valence-corrected chi connectivity index (χ3v) is 3.25. The van der Waals surface area contributed by atoms with Crippen LogP contribution in [0.2, 0.25) is 0 Å². The lowest BCUT2D eigenvalue weighted by atomic mass is 10.2. The van der Waals surface area contributed by atoms with E-state index in [0.29, 0.717) is 18.2 Å². The summed E-state index contributed by atoms with van der Waals surface area (Å²) >= 11 is 1.50. The normalized spacial score (nSPS) is 15.7. The van der Waals surface area contributed by atoms with Crippen LogP contribution >= 0.6 is 11.8 Å². The van der Waals surface area contributed by atoms with E-state index in [1.165, 1.54) is 11.8 Å². The standard InChI is InChI=1S/C11H18N4O2S/c1-11(2,3)17-9(16)6-7-18-10-12-13-14-15(10)8-4-5-8/h8H,4-7H2,1-3H3. The molecule has 0 radical (unpaired) electrons. The van der Waals surface area contributed by atoms with Crippen LogP contribution in [0.4, 0.5) is 0 Å². The van der Waals surface area contributed by atoms with Crippen molar-refractivity contribution in [3.63, 3.8) is 0 Å². The van der Waals surface area contributed by atoms with Gasteiger partial charge in [0, 0.05) is 5.75 Å². The van der Waals surface area contributed by atoms with Crippen molar-refractivity contribution in [3.8, 4) is 0 Å². The number of thioether (sulfide) groups is 1. The van der Waals surface area contributed by atoms with Gasteiger partial charge in [0.2, 0.25) is 5.16 Å². The molecule has 1 fully saturated rings. The van der Waals surface area contributed by atoms with Gasteiger partial charge in [-0.15, -0.1) is 5.10 Å². The molecule has 1 saturated carbocycles. The van der Waals surface area contributed by atoms with Gasteiger partial charge in [-0.1, -0.05) is 11.8 Å². The van der Waals surface area contributed by atoms with Gasteiger partial charge in [-0.25, -0.2) is 4.68 Å². The van der Waals surface area contributed by atoms with E-state index in [1.807, 2.05) is 25.5 Å². The van der Waals surface area contributed by atoms with E-state index in [2.05, 4.69) is 15.5 Å². The molecule has 0 atom stereocenters. The monoisotopic (exact) mass is 270 g/mol. The van der Waals surface area contributed by atoms with Gasteiger partial charge in [0.05, 0.1) is 12.5 Å². The topological polar surface area (TPSA) is 69.9 Å². The van der Waals surface area contributed by atoms with Gasteiger partial charge >= 0.3 is 5.97 Å². The predicted molar refractivity (Wildman–Crippen MR) is 67.3 cm³/mol. The fourth-order valence-corrected chi connectivity index (χ4v) is 2.31. The SMILES string of the molecule is CC(C)(C)OC(=O)CCSc1nnnn1C1CC1. The first-order valence-electron chi connectivity index (χ1n) is 6.08. The van der Waals surface area contributed by atoms with Crippen LogP contribution in [0.25, 0.3) is 0 Å². The molecule has 0 aliphatic heterocycles. The van der Waals surface area contributed by atoms with Crippen LogP contribution in [0.1, 0.15) is 46.1 Å². The number of hydrogen-bond donors (Lipinski definition) is 0. The highest BCUT2D eigenvalue weighted by atomic mass is 32.2. The highest BCUT2D eigenvalue weighted by molar-refractivity contribution is 7.99. The lowest BCUT2D eigenvalue weighted by Gasteiger charge is -2.19. The van der Waals surface area contributed by atoms with Crippen LogP contribution in [0, 0.1) is 0 Å². The Balaban J connectivity index is 1.75. The van der Waals surface area contributed by atoms with Crippen LogP contribution < -0.4 is 0 Å². The molecule has 0 unspecified atom stereocenters. The first-order chi connectivity index (χ1) is 8.46. The van der Waals surface area contributed by atoms with Gasteiger partial charge in [-0.2, -0.15) is 0 Å². The summed E-state index contributed by atoms with van der Waals surface area (Å²) in [5.41, 5.74) is -0.419. The van der Waals surface area contributed by atoms with Crippen molar-refractivity contribution in [2.45, 2.75) is 56.8 Å². The summed E-state index contributed by atoms with van der Waals surface area (Å²) in [5.74, 6) is 0.461. The summed E-state index contributed by atoms with van der Waals surface area (Å²) in [6.45, 7) is 5.60. The summed E-state index contributed by atoms with van der Waals surface area (Å²) < 4.78 is 7.08. The molecule has 1 heterocycles. The Morgan fingerprint density at radius 2 is 2.22 bits per heavy atom. The Kier molecular flexibility index (Phi) is 3.89. The quantitative estimate of drug-likeness (QED) is 0.600. The van der Waals surface area contributed by atoms with E-state index in [1.54, 1.807) is 0 Å². The van der Waals surface area contributed by atoms with Gasteiger partial charge in [-0.3, -0.25) is 4.79 Å². The fourth-order valence-electron chi connectivity index (χ4n) is 1.45. The van der Waals surface area contributed by atoms with Crippen molar-refractivity contribution in [1.82, 2.24) is 20.2 Å². The molecular weight excluding hydrogens is 252 g/mol. The molecular formula is C11H18N4O2S. The van der Waals surface area contributed by atoms with Crippen LogP contribution in [0.15, 0.2) is 5.16 Å². The highest BCUT2D eigenvalue weighted by Crippen LogP contribution is 2.36. The summed E-state index contributed by atoms with van der Waals surface area (Å²) in [5, 5.41) is 12.4. The molecule has 100 valence electrons. The lowest BCUT2D eigenvalue weighted by Crippen LogP contribution is -2.24. The van der Waals surface area contributed by atoms with E-state index in [-0.39, 0.29) is 5.97 Å². The Morgan fingerprint density at radius 1 is 1.50 bits per heavy atom. The number of tetrazole rings is 1. The number of ether oxygens (including phenoxy) is 1. The van der Waals surface area contributed by atoms with E-state index in [0.717, 1.165) is 18.0 Å². The minimum Gasteiger partial charge on any atom is -0.460 e. The van der Waals surface area contributed by atoms with E-state index < -0.39 is 5.60 Å². The number of hydrogen-bond acceptors (Lipinski definition) is 6. The molecule has 7 heteroatoms. The van der Waals surface area contributed by atoms with Gasteiger partial charge in [0.15, 0.2) is 0 Å². The number of aromatic nitrogens is 4. The predicted octanol–water partition coefficient (Wildman–Crippen LogP) is 1.83. The van der Waals surface area contributed by atoms with Gasteiger partial charge in [0.25, 0.3) is 0 Å². The number of carbonyl (C=O) groups excluding carboxylic acids is 1.